The number of hydrogen-bond donors (Lipinski definition) is 0. The molecule has 2 aromatic carbocycles. The molecule has 4 rings (SSSR count). The van der Waals surface area contributed by atoms with Crippen LogP contribution < -0.4 is 0 Å². The van der Waals surface area contributed by atoms with E-state index in [1.807, 2.05) is 6.07 Å². The van der Waals surface area contributed by atoms with E-state index in [0.29, 0.717) is 16.3 Å². The van der Waals surface area contributed by atoms with Gasteiger partial charge >= 0.3 is 6.18 Å². The summed E-state index contributed by atoms with van der Waals surface area (Å²) in [7, 11) is 0. The van der Waals surface area contributed by atoms with Crippen LogP contribution in [0.15, 0.2) is 64.4 Å². The molecule has 0 aliphatic rings. The number of nitriles is 1. The second-order valence-electron chi connectivity index (χ2n) is 6.61. The molecule has 0 saturated carbocycles. The third-order valence-electron chi connectivity index (χ3n) is 4.47. The normalized spacial score (nSPS) is 12.1. The van der Waals surface area contributed by atoms with Crippen LogP contribution in [-0.4, -0.2) is 4.98 Å². The predicted octanol–water partition coefficient (Wildman–Crippen LogP) is 7.95. The lowest BCUT2D eigenvalue weighted by Gasteiger charge is -2.09. The standard InChI is InChI=1S/C23H11ClF4N2OS/c24-19-7-3-15(23(26,27)28)10-18(19)21-8-6-17(31-21)9-14(11-29)22-30-20(12-32-22)13-1-4-16(25)5-2-13/h1-10,12H/b14-9+. The molecule has 4 aromatic rings. The quantitative estimate of drug-likeness (QED) is 0.223. The highest BCUT2D eigenvalue weighted by molar-refractivity contribution is 7.11. The Hall–Kier alpha value is -3.41. The molecular weight excluding hydrogens is 464 g/mol. The number of thiazole rings is 1. The molecule has 0 amide bonds. The third-order valence-corrected chi connectivity index (χ3v) is 5.67. The molecule has 0 aliphatic heterocycles. The molecule has 0 N–H and O–H groups in total. The summed E-state index contributed by atoms with van der Waals surface area (Å²) in [6, 6.07) is 13.8. The summed E-state index contributed by atoms with van der Waals surface area (Å²) in [6.07, 6.45) is -3.08. The van der Waals surface area contributed by atoms with Crippen LogP contribution in [0.2, 0.25) is 5.02 Å². The lowest BCUT2D eigenvalue weighted by molar-refractivity contribution is -0.137. The molecule has 0 radical (unpaired) electrons. The van der Waals surface area contributed by atoms with Gasteiger partial charge in [-0.15, -0.1) is 11.3 Å². The van der Waals surface area contributed by atoms with Crippen molar-refractivity contribution < 1.29 is 22.0 Å². The average molecular weight is 475 g/mol. The topological polar surface area (TPSA) is 49.8 Å². The minimum Gasteiger partial charge on any atom is -0.457 e. The molecule has 0 atom stereocenters. The first-order chi connectivity index (χ1) is 15.2. The minimum atomic E-state index is -4.52. The number of halogens is 5. The van der Waals surface area contributed by atoms with E-state index in [4.69, 9.17) is 16.0 Å². The zero-order valence-electron chi connectivity index (χ0n) is 16.0. The van der Waals surface area contributed by atoms with E-state index in [2.05, 4.69) is 4.98 Å². The van der Waals surface area contributed by atoms with E-state index >= 15 is 0 Å². The Bertz CT molecular complexity index is 1350. The molecule has 0 spiro atoms. The van der Waals surface area contributed by atoms with Crippen LogP contribution in [0.1, 0.15) is 16.3 Å². The molecule has 3 nitrogen and oxygen atoms in total. The highest BCUT2D eigenvalue weighted by Gasteiger charge is 2.31. The van der Waals surface area contributed by atoms with Crippen LogP contribution in [0.5, 0.6) is 0 Å². The number of hydrogen-bond acceptors (Lipinski definition) is 4. The maximum atomic E-state index is 13.1. The molecule has 9 heteroatoms. The molecule has 0 aliphatic carbocycles. The van der Waals surface area contributed by atoms with Crippen LogP contribution in [0.25, 0.3) is 34.2 Å². The van der Waals surface area contributed by atoms with Crippen molar-refractivity contribution in [3.8, 4) is 28.7 Å². The maximum Gasteiger partial charge on any atom is 0.416 e. The number of furan rings is 1. The number of nitrogens with zero attached hydrogens (tertiary/aromatic N) is 2. The summed E-state index contributed by atoms with van der Waals surface area (Å²) < 4.78 is 57.8. The van der Waals surface area contributed by atoms with Gasteiger partial charge < -0.3 is 4.42 Å². The number of rotatable bonds is 4. The van der Waals surface area contributed by atoms with Gasteiger partial charge in [0, 0.05) is 22.6 Å². The van der Waals surface area contributed by atoms with Crippen LogP contribution in [0, 0.1) is 17.1 Å². The van der Waals surface area contributed by atoms with Crippen molar-refractivity contribution in [3.05, 3.63) is 87.1 Å². The van der Waals surface area contributed by atoms with Gasteiger partial charge in [-0.25, -0.2) is 9.37 Å². The van der Waals surface area contributed by atoms with Gasteiger partial charge in [0.15, 0.2) is 0 Å². The predicted molar refractivity (Wildman–Crippen MR) is 115 cm³/mol. The number of allylic oxidation sites excluding steroid dienone is 1. The van der Waals surface area contributed by atoms with Crippen molar-refractivity contribution in [2.24, 2.45) is 0 Å². The highest BCUT2D eigenvalue weighted by atomic mass is 35.5. The molecule has 0 bridgehead atoms. The Kier molecular flexibility index (Phi) is 5.87. The SMILES string of the molecule is N#C/C(=C\c1ccc(-c2cc(C(F)(F)F)ccc2Cl)o1)c1nc(-c2ccc(F)cc2)cs1. The summed E-state index contributed by atoms with van der Waals surface area (Å²) in [5.74, 6) is 0.0238. The van der Waals surface area contributed by atoms with Crippen LogP contribution in [-0.2, 0) is 6.18 Å². The zero-order valence-corrected chi connectivity index (χ0v) is 17.5. The van der Waals surface area contributed by atoms with Crippen molar-refractivity contribution in [1.82, 2.24) is 4.98 Å². The van der Waals surface area contributed by atoms with Gasteiger partial charge in [0.2, 0.25) is 0 Å². The Morgan fingerprint density at radius 1 is 1.09 bits per heavy atom. The zero-order chi connectivity index (χ0) is 22.9. The first-order valence-corrected chi connectivity index (χ1v) is 10.3. The number of benzene rings is 2. The van der Waals surface area contributed by atoms with Crippen molar-refractivity contribution in [2.45, 2.75) is 6.18 Å². The molecular formula is C23H11ClF4N2OS. The second kappa shape index (κ2) is 8.61. The first-order valence-electron chi connectivity index (χ1n) is 9.05. The molecule has 0 unspecified atom stereocenters. The lowest BCUT2D eigenvalue weighted by atomic mass is 10.1. The van der Waals surface area contributed by atoms with Crippen molar-refractivity contribution in [2.75, 3.05) is 0 Å². The summed E-state index contributed by atoms with van der Waals surface area (Å²) in [4.78, 5) is 4.41. The smallest absolute Gasteiger partial charge is 0.416 e. The fourth-order valence-corrected chi connectivity index (χ4v) is 3.91. The van der Waals surface area contributed by atoms with Crippen molar-refractivity contribution in [3.63, 3.8) is 0 Å². The third kappa shape index (κ3) is 4.59. The summed E-state index contributed by atoms with van der Waals surface area (Å²) in [6.45, 7) is 0. The van der Waals surface area contributed by atoms with Gasteiger partial charge in [-0.2, -0.15) is 18.4 Å². The monoisotopic (exact) mass is 474 g/mol. The fraction of sp³-hybridized carbons (Fsp3) is 0.0435. The van der Waals surface area contributed by atoms with E-state index < -0.39 is 11.7 Å². The van der Waals surface area contributed by atoms with Gasteiger partial charge in [0.05, 0.1) is 21.9 Å². The largest absolute Gasteiger partial charge is 0.457 e. The minimum absolute atomic E-state index is 0.0903. The molecule has 0 saturated heterocycles. The van der Waals surface area contributed by atoms with Gasteiger partial charge in [-0.1, -0.05) is 11.6 Å². The van der Waals surface area contributed by atoms with Crippen molar-refractivity contribution in [1.29, 1.82) is 5.26 Å². The molecule has 2 heterocycles. The molecule has 0 fully saturated rings. The van der Waals surface area contributed by atoms with Crippen molar-refractivity contribution >= 4 is 34.6 Å². The van der Waals surface area contributed by atoms with Gasteiger partial charge in [-0.3, -0.25) is 0 Å². The highest BCUT2D eigenvalue weighted by Crippen LogP contribution is 2.37. The summed E-state index contributed by atoms with van der Waals surface area (Å²) >= 11 is 7.29. The Labute approximate surface area is 188 Å². The Morgan fingerprint density at radius 2 is 1.84 bits per heavy atom. The second-order valence-corrected chi connectivity index (χ2v) is 7.87. The van der Waals surface area contributed by atoms with E-state index in [0.717, 1.165) is 18.2 Å². The van der Waals surface area contributed by atoms with E-state index in [1.165, 1.54) is 41.7 Å². The number of alkyl halides is 3. The lowest BCUT2D eigenvalue weighted by Crippen LogP contribution is -2.04. The average Bonchev–Trinajstić information content (AvgIpc) is 3.42. The van der Waals surface area contributed by atoms with Crippen LogP contribution >= 0.6 is 22.9 Å². The van der Waals surface area contributed by atoms with Gasteiger partial charge in [0.1, 0.15) is 28.4 Å². The van der Waals surface area contributed by atoms with Crippen LogP contribution in [0.4, 0.5) is 17.6 Å². The van der Waals surface area contributed by atoms with E-state index in [9.17, 15) is 22.8 Å². The Morgan fingerprint density at radius 3 is 2.53 bits per heavy atom. The van der Waals surface area contributed by atoms with E-state index in [-0.39, 0.29) is 33.5 Å². The van der Waals surface area contributed by atoms with Crippen LogP contribution in [0.3, 0.4) is 0 Å². The van der Waals surface area contributed by atoms with Gasteiger partial charge in [0.25, 0.3) is 0 Å². The van der Waals surface area contributed by atoms with Gasteiger partial charge in [-0.05, 0) is 54.6 Å². The first kappa shape index (κ1) is 21.8. The van der Waals surface area contributed by atoms with E-state index in [1.54, 1.807) is 17.5 Å². The number of aromatic nitrogens is 1. The fourth-order valence-electron chi connectivity index (χ4n) is 2.90. The molecule has 2 aromatic heterocycles. The summed E-state index contributed by atoms with van der Waals surface area (Å²) in [5, 5.41) is 11.8. The molecule has 32 heavy (non-hydrogen) atoms. The summed E-state index contributed by atoms with van der Waals surface area (Å²) in [5.41, 5.74) is 0.735. The maximum absolute atomic E-state index is 13.1. The molecule has 160 valence electrons. The Balaban J connectivity index is 1.64.